The number of amides is 1. The second kappa shape index (κ2) is 8.69. The molecule has 1 aromatic carbocycles. The van der Waals surface area contributed by atoms with Crippen molar-refractivity contribution in [3.8, 4) is 0 Å². The van der Waals surface area contributed by atoms with Gasteiger partial charge in [0.15, 0.2) is 0 Å². The van der Waals surface area contributed by atoms with Crippen molar-refractivity contribution >= 4 is 19.0 Å². The fraction of sp³-hybridized carbons (Fsp3) is 0.500. The molecule has 1 heterocycles. The third-order valence-corrected chi connectivity index (χ3v) is 3.92. The van der Waals surface area contributed by atoms with Crippen LogP contribution in [0.15, 0.2) is 30.3 Å². The summed E-state index contributed by atoms with van der Waals surface area (Å²) in [5.74, 6) is -1.64. The van der Waals surface area contributed by atoms with E-state index in [9.17, 15) is 14.6 Å². The average Bonchev–Trinajstić information content (AvgIpc) is 2.49. The summed E-state index contributed by atoms with van der Waals surface area (Å²) < 4.78 is 5.43. The number of aliphatic carboxylic acids is 1. The Kier molecular flexibility index (Phi) is 6.61. The lowest BCUT2D eigenvalue weighted by molar-refractivity contribution is -0.139. The molecule has 0 aliphatic carbocycles. The SMILES string of the molecule is O=C(O)C[C@H]1CCCC[C@H](NC(=O)Cc2ccccc2)B(O)O1. The van der Waals surface area contributed by atoms with Crippen molar-refractivity contribution in [2.24, 2.45) is 0 Å². The minimum Gasteiger partial charge on any atom is -0.481 e. The molecule has 1 fully saturated rings. The van der Waals surface area contributed by atoms with Crippen molar-refractivity contribution in [2.75, 3.05) is 0 Å². The number of rotatable bonds is 5. The number of carbonyl (C=O) groups is 2. The molecule has 1 amide bonds. The summed E-state index contributed by atoms with van der Waals surface area (Å²) in [5, 5.41) is 21.8. The van der Waals surface area contributed by atoms with Gasteiger partial charge < -0.3 is 20.1 Å². The summed E-state index contributed by atoms with van der Waals surface area (Å²) in [7, 11) is -1.18. The summed E-state index contributed by atoms with van der Waals surface area (Å²) in [6.45, 7) is 0. The number of benzene rings is 1. The van der Waals surface area contributed by atoms with Gasteiger partial charge in [-0.05, 0) is 18.4 Å². The zero-order valence-corrected chi connectivity index (χ0v) is 13.0. The zero-order chi connectivity index (χ0) is 16.7. The highest BCUT2D eigenvalue weighted by Crippen LogP contribution is 2.18. The quantitative estimate of drug-likeness (QED) is 0.708. The minimum absolute atomic E-state index is 0.137. The molecule has 2 atom stereocenters. The normalized spacial score (nSPS) is 22.0. The molecule has 1 saturated heterocycles. The molecule has 1 aliphatic rings. The predicted molar refractivity (Wildman–Crippen MR) is 85.6 cm³/mol. The molecule has 6 nitrogen and oxygen atoms in total. The second-order valence-corrected chi connectivity index (χ2v) is 5.87. The van der Waals surface area contributed by atoms with Gasteiger partial charge >= 0.3 is 13.1 Å². The maximum Gasteiger partial charge on any atom is 0.478 e. The summed E-state index contributed by atoms with van der Waals surface area (Å²) in [4.78, 5) is 22.9. The largest absolute Gasteiger partial charge is 0.481 e. The fourth-order valence-corrected chi connectivity index (χ4v) is 2.77. The molecule has 1 aliphatic heterocycles. The van der Waals surface area contributed by atoms with E-state index in [0.717, 1.165) is 18.4 Å². The Labute approximate surface area is 136 Å². The first-order valence-electron chi connectivity index (χ1n) is 7.93. The van der Waals surface area contributed by atoms with Crippen LogP contribution >= 0.6 is 0 Å². The maximum atomic E-state index is 12.1. The lowest BCUT2D eigenvalue weighted by Gasteiger charge is -2.27. The standard InChI is InChI=1S/C16H22BNO5/c19-15(10-12-6-2-1-3-7-12)18-14-9-5-4-8-13(11-16(20)21)23-17(14)22/h1-3,6-7,13-14,22H,4-5,8-11H2,(H,18,19)(H,20,21)/t13-,14+/m1/s1. The van der Waals surface area contributed by atoms with E-state index in [2.05, 4.69) is 5.32 Å². The Morgan fingerprint density at radius 3 is 2.61 bits per heavy atom. The molecule has 23 heavy (non-hydrogen) atoms. The van der Waals surface area contributed by atoms with Gasteiger partial charge in [0.25, 0.3) is 0 Å². The molecule has 0 aromatic heterocycles. The maximum absolute atomic E-state index is 12.1. The molecule has 2 rings (SSSR count). The Hall–Kier alpha value is -1.86. The van der Waals surface area contributed by atoms with Gasteiger partial charge in [0.05, 0.1) is 24.9 Å². The van der Waals surface area contributed by atoms with Crippen molar-refractivity contribution in [3.63, 3.8) is 0 Å². The van der Waals surface area contributed by atoms with Gasteiger partial charge in [-0.25, -0.2) is 0 Å². The van der Waals surface area contributed by atoms with E-state index in [1.807, 2.05) is 30.3 Å². The van der Waals surface area contributed by atoms with Crippen LogP contribution in [0.3, 0.4) is 0 Å². The Balaban J connectivity index is 1.89. The van der Waals surface area contributed by atoms with Gasteiger partial charge in [0.1, 0.15) is 0 Å². The van der Waals surface area contributed by atoms with Crippen LogP contribution in [0.4, 0.5) is 0 Å². The van der Waals surface area contributed by atoms with Crippen LogP contribution in [-0.4, -0.2) is 41.2 Å². The first kappa shape index (κ1) is 17.5. The summed E-state index contributed by atoms with van der Waals surface area (Å²) in [5.41, 5.74) is 0.898. The summed E-state index contributed by atoms with van der Waals surface area (Å²) in [6.07, 6.45) is 2.43. The second-order valence-electron chi connectivity index (χ2n) is 5.87. The van der Waals surface area contributed by atoms with Crippen molar-refractivity contribution in [1.29, 1.82) is 0 Å². The molecule has 0 bridgehead atoms. The van der Waals surface area contributed by atoms with Gasteiger partial charge in [0, 0.05) is 0 Å². The van der Waals surface area contributed by atoms with Gasteiger partial charge in [-0.1, -0.05) is 43.2 Å². The van der Waals surface area contributed by atoms with E-state index in [-0.39, 0.29) is 18.7 Å². The molecule has 0 saturated carbocycles. The van der Waals surface area contributed by atoms with E-state index in [0.29, 0.717) is 12.8 Å². The van der Waals surface area contributed by atoms with E-state index >= 15 is 0 Å². The molecule has 1 aromatic rings. The number of carboxylic acid groups (broad SMARTS) is 1. The highest BCUT2D eigenvalue weighted by molar-refractivity contribution is 6.45. The minimum atomic E-state index is -1.18. The molecule has 3 N–H and O–H groups in total. The molecule has 0 spiro atoms. The summed E-state index contributed by atoms with van der Waals surface area (Å²) >= 11 is 0. The Bertz CT molecular complexity index is 524. The van der Waals surface area contributed by atoms with Crippen LogP contribution in [0.5, 0.6) is 0 Å². The highest BCUT2D eigenvalue weighted by atomic mass is 16.5. The Morgan fingerprint density at radius 1 is 1.22 bits per heavy atom. The topological polar surface area (TPSA) is 95.9 Å². The van der Waals surface area contributed by atoms with Crippen molar-refractivity contribution in [1.82, 2.24) is 5.32 Å². The van der Waals surface area contributed by atoms with Crippen molar-refractivity contribution < 1.29 is 24.4 Å². The fourth-order valence-electron chi connectivity index (χ4n) is 2.77. The number of carbonyl (C=O) groups excluding carboxylic acids is 1. The van der Waals surface area contributed by atoms with Gasteiger partial charge in [-0.3, -0.25) is 9.59 Å². The van der Waals surface area contributed by atoms with Crippen LogP contribution in [0.2, 0.25) is 0 Å². The molecule has 0 radical (unpaired) electrons. The third kappa shape index (κ3) is 6.04. The lowest BCUT2D eigenvalue weighted by Crippen LogP contribution is -2.50. The Morgan fingerprint density at radius 2 is 1.91 bits per heavy atom. The number of carboxylic acids is 1. The molecule has 7 heteroatoms. The zero-order valence-electron chi connectivity index (χ0n) is 13.0. The van der Waals surface area contributed by atoms with E-state index < -0.39 is 25.1 Å². The van der Waals surface area contributed by atoms with E-state index in [1.54, 1.807) is 0 Å². The smallest absolute Gasteiger partial charge is 0.478 e. The summed E-state index contributed by atoms with van der Waals surface area (Å²) in [6, 6.07) is 9.36. The van der Waals surface area contributed by atoms with Crippen molar-refractivity contribution in [3.05, 3.63) is 35.9 Å². The van der Waals surface area contributed by atoms with E-state index in [4.69, 9.17) is 9.76 Å². The molecule has 0 unspecified atom stereocenters. The molecular formula is C16H22BNO5. The highest BCUT2D eigenvalue weighted by Gasteiger charge is 2.33. The predicted octanol–water partition coefficient (Wildman–Crippen LogP) is 1.17. The van der Waals surface area contributed by atoms with Crippen molar-refractivity contribution in [2.45, 2.75) is 50.6 Å². The van der Waals surface area contributed by atoms with Gasteiger partial charge in [-0.2, -0.15) is 0 Å². The van der Waals surface area contributed by atoms with E-state index in [1.165, 1.54) is 0 Å². The van der Waals surface area contributed by atoms with Crippen LogP contribution < -0.4 is 5.32 Å². The molecule has 124 valence electrons. The average molecular weight is 319 g/mol. The van der Waals surface area contributed by atoms with Crippen LogP contribution in [-0.2, 0) is 20.7 Å². The van der Waals surface area contributed by atoms with Crippen LogP contribution in [0.1, 0.15) is 37.7 Å². The van der Waals surface area contributed by atoms with Crippen LogP contribution in [0, 0.1) is 0 Å². The monoisotopic (exact) mass is 319 g/mol. The first-order chi connectivity index (χ1) is 11.0. The molecular weight excluding hydrogens is 297 g/mol. The number of nitrogens with one attached hydrogen (secondary N) is 1. The number of hydrogen-bond donors (Lipinski definition) is 3. The van der Waals surface area contributed by atoms with Gasteiger partial charge in [-0.15, -0.1) is 0 Å². The van der Waals surface area contributed by atoms with Crippen LogP contribution in [0.25, 0.3) is 0 Å². The number of hydrogen-bond acceptors (Lipinski definition) is 4. The lowest BCUT2D eigenvalue weighted by atomic mass is 9.74. The van der Waals surface area contributed by atoms with Gasteiger partial charge in [0.2, 0.25) is 5.91 Å². The third-order valence-electron chi connectivity index (χ3n) is 3.92. The first-order valence-corrected chi connectivity index (χ1v) is 7.93.